The molecule has 0 unspecified atom stereocenters. The molecule has 0 aromatic carbocycles. The van der Waals surface area contributed by atoms with E-state index in [2.05, 4.69) is 34.8 Å². The van der Waals surface area contributed by atoms with Crippen molar-refractivity contribution in [2.75, 3.05) is 26.2 Å². The molecule has 1 N–H and O–H groups in total. The van der Waals surface area contributed by atoms with Crippen LogP contribution in [0, 0.1) is 6.92 Å². The third-order valence-corrected chi connectivity index (χ3v) is 5.94. The zero-order chi connectivity index (χ0) is 19.0. The number of H-pyrrole nitrogens is 1. The summed E-state index contributed by atoms with van der Waals surface area (Å²) in [6.45, 7) is 9.38. The summed E-state index contributed by atoms with van der Waals surface area (Å²) in [5.41, 5.74) is 4.06. The van der Waals surface area contributed by atoms with E-state index in [4.69, 9.17) is 9.40 Å². The molecule has 2 aromatic rings. The average Bonchev–Trinajstić information content (AvgIpc) is 3.30. The predicted octanol–water partition coefficient (Wildman–Crippen LogP) is 2.66. The van der Waals surface area contributed by atoms with Crippen molar-refractivity contribution in [3.05, 3.63) is 47.2 Å². The van der Waals surface area contributed by atoms with Gasteiger partial charge >= 0.3 is 0 Å². The molecule has 0 atom stereocenters. The number of piperidine rings is 1. The zero-order valence-corrected chi connectivity index (χ0v) is 16.3. The molecule has 1 saturated heterocycles. The first-order valence-corrected chi connectivity index (χ1v) is 9.62. The quantitative estimate of drug-likeness (QED) is 0.842. The number of fused-ring (bicyclic) bond motifs is 2. The van der Waals surface area contributed by atoms with E-state index in [9.17, 15) is 4.79 Å². The Morgan fingerprint density at radius 1 is 1.30 bits per heavy atom. The standard InChI is InChI=1S/C20H27N5O2/c1-14(2)4-8-25-9-5-16-18(22-12-21-16)20(25)6-10-24(11-7-20)19(26)17-15(3)27-13-23-17/h4,12-13H,5-11H2,1-3H3,(H,21,22). The summed E-state index contributed by atoms with van der Waals surface area (Å²) in [4.78, 5) is 29.4. The smallest absolute Gasteiger partial charge is 0.276 e. The number of carbonyl (C=O) groups is 1. The van der Waals surface area contributed by atoms with Crippen LogP contribution in [0.2, 0.25) is 0 Å². The molecule has 144 valence electrons. The van der Waals surface area contributed by atoms with Gasteiger partial charge < -0.3 is 14.3 Å². The number of likely N-dealkylation sites (tertiary alicyclic amines) is 1. The highest BCUT2D eigenvalue weighted by molar-refractivity contribution is 5.93. The molecule has 2 aliphatic heterocycles. The Kier molecular flexibility index (Phi) is 4.63. The highest BCUT2D eigenvalue weighted by Gasteiger charge is 2.47. The average molecular weight is 369 g/mol. The van der Waals surface area contributed by atoms with Crippen LogP contribution in [0.4, 0.5) is 0 Å². The molecular weight excluding hydrogens is 342 g/mol. The fourth-order valence-corrected chi connectivity index (χ4v) is 4.38. The van der Waals surface area contributed by atoms with E-state index in [1.54, 1.807) is 6.92 Å². The van der Waals surface area contributed by atoms with Gasteiger partial charge in [-0.2, -0.15) is 0 Å². The number of hydrogen-bond acceptors (Lipinski definition) is 5. The van der Waals surface area contributed by atoms with E-state index in [0.717, 1.165) is 32.4 Å². The maximum absolute atomic E-state index is 12.8. The Balaban J connectivity index is 1.57. The zero-order valence-electron chi connectivity index (χ0n) is 16.3. The molecule has 0 saturated carbocycles. The lowest BCUT2D eigenvalue weighted by Crippen LogP contribution is -2.57. The number of rotatable bonds is 3. The molecule has 7 heteroatoms. The van der Waals surface area contributed by atoms with Gasteiger partial charge in [-0.25, -0.2) is 9.97 Å². The first-order valence-electron chi connectivity index (χ1n) is 9.62. The fourth-order valence-electron chi connectivity index (χ4n) is 4.38. The first kappa shape index (κ1) is 18.0. The maximum atomic E-state index is 12.8. The van der Waals surface area contributed by atoms with Gasteiger partial charge in [-0.15, -0.1) is 0 Å². The Labute approximate surface area is 159 Å². The van der Waals surface area contributed by atoms with Crippen molar-refractivity contribution in [2.24, 2.45) is 0 Å². The van der Waals surface area contributed by atoms with Crippen LogP contribution in [0.1, 0.15) is 54.3 Å². The molecular formula is C20H27N5O2. The summed E-state index contributed by atoms with van der Waals surface area (Å²) in [5.74, 6) is 0.544. The molecule has 1 fully saturated rings. The van der Waals surface area contributed by atoms with Crippen molar-refractivity contribution >= 4 is 5.91 Å². The molecule has 0 bridgehead atoms. The minimum absolute atomic E-state index is 0.0370. The van der Waals surface area contributed by atoms with Gasteiger partial charge in [-0.05, 0) is 33.6 Å². The van der Waals surface area contributed by atoms with Crippen molar-refractivity contribution in [3.63, 3.8) is 0 Å². The number of nitrogens with zero attached hydrogens (tertiary/aromatic N) is 4. The number of imidazole rings is 1. The third-order valence-electron chi connectivity index (χ3n) is 5.94. The van der Waals surface area contributed by atoms with Gasteiger partial charge in [0.25, 0.3) is 5.91 Å². The second kappa shape index (κ2) is 6.96. The van der Waals surface area contributed by atoms with Crippen molar-refractivity contribution in [3.8, 4) is 0 Å². The summed E-state index contributed by atoms with van der Waals surface area (Å²) in [6.07, 6.45) is 8.19. The summed E-state index contributed by atoms with van der Waals surface area (Å²) < 4.78 is 5.21. The van der Waals surface area contributed by atoms with Crippen molar-refractivity contribution in [1.82, 2.24) is 24.8 Å². The Morgan fingerprint density at radius 2 is 2.07 bits per heavy atom. The molecule has 7 nitrogen and oxygen atoms in total. The minimum atomic E-state index is -0.102. The van der Waals surface area contributed by atoms with Crippen LogP contribution in [0.25, 0.3) is 0 Å². The van der Waals surface area contributed by atoms with E-state index in [1.165, 1.54) is 23.4 Å². The molecule has 2 aromatic heterocycles. The number of hydrogen-bond donors (Lipinski definition) is 1. The topological polar surface area (TPSA) is 78.3 Å². The lowest BCUT2D eigenvalue weighted by Gasteiger charge is -2.50. The number of aromatic amines is 1. The van der Waals surface area contributed by atoms with Crippen LogP contribution in [-0.4, -0.2) is 56.8 Å². The molecule has 4 heterocycles. The minimum Gasteiger partial charge on any atom is -0.448 e. The molecule has 0 aliphatic carbocycles. The number of aromatic nitrogens is 3. The summed E-state index contributed by atoms with van der Waals surface area (Å²) in [7, 11) is 0. The lowest BCUT2D eigenvalue weighted by atomic mass is 9.78. The van der Waals surface area contributed by atoms with Crippen LogP contribution in [0.5, 0.6) is 0 Å². The maximum Gasteiger partial charge on any atom is 0.276 e. The molecule has 2 aliphatic rings. The Hall–Kier alpha value is -2.41. The highest BCUT2D eigenvalue weighted by Crippen LogP contribution is 2.42. The summed E-state index contributed by atoms with van der Waals surface area (Å²) >= 11 is 0. The molecule has 1 amide bonds. The van der Waals surface area contributed by atoms with E-state index < -0.39 is 0 Å². The van der Waals surface area contributed by atoms with E-state index >= 15 is 0 Å². The molecule has 27 heavy (non-hydrogen) atoms. The summed E-state index contributed by atoms with van der Waals surface area (Å²) in [5, 5.41) is 0. The van der Waals surface area contributed by atoms with Crippen molar-refractivity contribution in [1.29, 1.82) is 0 Å². The summed E-state index contributed by atoms with van der Waals surface area (Å²) in [6, 6.07) is 0. The molecule has 0 radical (unpaired) electrons. The molecule has 1 spiro atoms. The fraction of sp³-hybridized carbons (Fsp3) is 0.550. The van der Waals surface area contributed by atoms with Crippen LogP contribution < -0.4 is 0 Å². The second-order valence-electron chi connectivity index (χ2n) is 7.79. The number of amides is 1. The van der Waals surface area contributed by atoms with Crippen LogP contribution >= 0.6 is 0 Å². The number of aryl methyl sites for hydroxylation is 1. The van der Waals surface area contributed by atoms with Gasteiger partial charge in [-0.3, -0.25) is 9.69 Å². The van der Waals surface area contributed by atoms with Crippen molar-refractivity contribution < 1.29 is 9.21 Å². The van der Waals surface area contributed by atoms with Gasteiger partial charge in [0.15, 0.2) is 12.1 Å². The predicted molar refractivity (Wildman–Crippen MR) is 101 cm³/mol. The Bertz CT molecular complexity index is 853. The van der Waals surface area contributed by atoms with Gasteiger partial charge in [0.05, 0.1) is 17.6 Å². The monoisotopic (exact) mass is 369 g/mol. The Morgan fingerprint density at radius 3 is 2.74 bits per heavy atom. The van der Waals surface area contributed by atoms with E-state index in [-0.39, 0.29) is 11.4 Å². The number of carbonyl (C=O) groups excluding carboxylic acids is 1. The normalized spacial score (nSPS) is 19.1. The van der Waals surface area contributed by atoms with Gasteiger partial charge in [-0.1, -0.05) is 11.6 Å². The van der Waals surface area contributed by atoms with Gasteiger partial charge in [0.1, 0.15) is 5.76 Å². The number of allylic oxidation sites excluding steroid dienone is 1. The van der Waals surface area contributed by atoms with Gasteiger partial charge in [0, 0.05) is 38.3 Å². The van der Waals surface area contributed by atoms with E-state index in [1.807, 2.05) is 11.2 Å². The van der Waals surface area contributed by atoms with Gasteiger partial charge in [0.2, 0.25) is 0 Å². The third kappa shape index (κ3) is 3.10. The lowest BCUT2D eigenvalue weighted by molar-refractivity contribution is 0.0136. The largest absolute Gasteiger partial charge is 0.448 e. The van der Waals surface area contributed by atoms with E-state index in [0.29, 0.717) is 24.5 Å². The second-order valence-corrected chi connectivity index (χ2v) is 7.79. The highest BCUT2D eigenvalue weighted by atomic mass is 16.3. The number of nitrogens with one attached hydrogen (secondary N) is 1. The van der Waals surface area contributed by atoms with Crippen LogP contribution in [0.3, 0.4) is 0 Å². The van der Waals surface area contributed by atoms with Crippen LogP contribution in [0.15, 0.2) is 28.8 Å². The number of oxazole rings is 1. The SMILES string of the molecule is CC(C)=CCN1CCc2[nH]cnc2C12CCN(C(=O)c1ncoc1C)CC2. The first-order chi connectivity index (χ1) is 13.0. The molecule has 4 rings (SSSR count). The van der Waals surface area contributed by atoms with Crippen molar-refractivity contribution in [2.45, 2.75) is 45.6 Å². The van der Waals surface area contributed by atoms with Crippen LogP contribution in [-0.2, 0) is 12.0 Å².